The first-order valence-corrected chi connectivity index (χ1v) is 6.78. The lowest BCUT2D eigenvalue weighted by molar-refractivity contribution is -0.122. The summed E-state index contributed by atoms with van der Waals surface area (Å²) >= 11 is 0. The van der Waals surface area contributed by atoms with Crippen LogP contribution in [0.4, 0.5) is 5.69 Å². The lowest BCUT2D eigenvalue weighted by atomic mass is 10.2. The van der Waals surface area contributed by atoms with Gasteiger partial charge in [0.2, 0.25) is 0 Å². The third-order valence-corrected chi connectivity index (χ3v) is 2.97. The average molecular weight is 269 g/mol. The van der Waals surface area contributed by atoms with Crippen LogP contribution in [-0.4, -0.2) is 12.0 Å². The Balaban J connectivity index is 2.02. The summed E-state index contributed by atoms with van der Waals surface area (Å²) in [6.45, 7) is 3.93. The Labute approximate surface area is 119 Å². The number of carbonyl (C=O) groups is 1. The van der Waals surface area contributed by atoms with Crippen molar-refractivity contribution < 1.29 is 9.53 Å². The zero-order valence-electron chi connectivity index (χ0n) is 11.8. The highest BCUT2D eigenvalue weighted by atomic mass is 16.5. The minimum atomic E-state index is -0.488. The van der Waals surface area contributed by atoms with Crippen LogP contribution in [0.2, 0.25) is 0 Å². The van der Waals surface area contributed by atoms with E-state index in [2.05, 4.69) is 5.32 Å². The lowest BCUT2D eigenvalue weighted by Crippen LogP contribution is -2.32. The summed E-state index contributed by atoms with van der Waals surface area (Å²) in [5.41, 5.74) is 1.91. The van der Waals surface area contributed by atoms with Gasteiger partial charge >= 0.3 is 0 Å². The third-order valence-electron chi connectivity index (χ3n) is 2.97. The maximum Gasteiger partial charge on any atom is 0.265 e. The van der Waals surface area contributed by atoms with Gasteiger partial charge in [-0.1, -0.05) is 37.3 Å². The highest BCUT2D eigenvalue weighted by Crippen LogP contribution is 2.15. The Hall–Kier alpha value is -2.29. The van der Waals surface area contributed by atoms with Gasteiger partial charge < -0.3 is 10.1 Å². The van der Waals surface area contributed by atoms with E-state index in [1.807, 2.05) is 68.4 Å². The molecule has 0 aliphatic heterocycles. The highest BCUT2D eigenvalue weighted by molar-refractivity contribution is 5.94. The van der Waals surface area contributed by atoms with Gasteiger partial charge in [-0.15, -0.1) is 0 Å². The summed E-state index contributed by atoms with van der Waals surface area (Å²) < 4.78 is 5.72. The molecule has 0 spiro atoms. The van der Waals surface area contributed by atoms with Crippen molar-refractivity contribution >= 4 is 11.6 Å². The first kappa shape index (κ1) is 14.1. The molecule has 0 unspecified atom stereocenters. The van der Waals surface area contributed by atoms with Crippen molar-refractivity contribution in [1.82, 2.24) is 0 Å². The normalized spacial score (nSPS) is 11.7. The second-order valence-electron chi connectivity index (χ2n) is 4.69. The lowest BCUT2D eigenvalue weighted by Gasteiger charge is -2.17. The molecule has 0 heterocycles. The zero-order chi connectivity index (χ0) is 14.4. The van der Waals surface area contributed by atoms with E-state index >= 15 is 0 Å². The molecule has 0 fully saturated rings. The summed E-state index contributed by atoms with van der Waals surface area (Å²) in [6, 6.07) is 17.1. The number of aryl methyl sites for hydroxylation is 1. The predicted octanol–water partition coefficient (Wildman–Crippen LogP) is 3.79. The van der Waals surface area contributed by atoms with Crippen LogP contribution in [0, 0.1) is 6.92 Å². The van der Waals surface area contributed by atoms with Crippen molar-refractivity contribution in [3.05, 3.63) is 60.2 Å². The molecule has 0 radical (unpaired) electrons. The highest BCUT2D eigenvalue weighted by Gasteiger charge is 2.18. The van der Waals surface area contributed by atoms with Crippen LogP contribution in [0.1, 0.15) is 18.9 Å². The SMILES string of the molecule is CC[C@@H](Oc1ccccc1)C(=O)Nc1cccc(C)c1. The van der Waals surface area contributed by atoms with Crippen molar-refractivity contribution in [3.8, 4) is 5.75 Å². The largest absolute Gasteiger partial charge is 0.481 e. The molecule has 0 saturated carbocycles. The van der Waals surface area contributed by atoms with Crippen molar-refractivity contribution in [3.63, 3.8) is 0 Å². The maximum atomic E-state index is 12.2. The van der Waals surface area contributed by atoms with Crippen LogP contribution in [0.5, 0.6) is 5.75 Å². The molecule has 0 saturated heterocycles. The molecule has 1 N–H and O–H groups in total. The van der Waals surface area contributed by atoms with Crippen molar-refractivity contribution in [2.45, 2.75) is 26.4 Å². The molecule has 104 valence electrons. The van der Waals surface area contributed by atoms with Gasteiger partial charge in [0, 0.05) is 5.69 Å². The van der Waals surface area contributed by atoms with E-state index in [0.29, 0.717) is 12.2 Å². The number of nitrogens with one attached hydrogen (secondary N) is 1. The van der Waals surface area contributed by atoms with E-state index in [1.165, 1.54) is 0 Å². The van der Waals surface area contributed by atoms with Crippen molar-refractivity contribution in [2.24, 2.45) is 0 Å². The topological polar surface area (TPSA) is 38.3 Å². The fraction of sp³-hybridized carbons (Fsp3) is 0.235. The van der Waals surface area contributed by atoms with Gasteiger partial charge in [0.25, 0.3) is 5.91 Å². The van der Waals surface area contributed by atoms with Crippen LogP contribution in [0.15, 0.2) is 54.6 Å². The predicted molar refractivity (Wildman–Crippen MR) is 81.0 cm³/mol. The van der Waals surface area contributed by atoms with Crippen LogP contribution >= 0.6 is 0 Å². The van der Waals surface area contributed by atoms with Gasteiger partial charge in [0.05, 0.1) is 0 Å². The van der Waals surface area contributed by atoms with Crippen LogP contribution in [0.25, 0.3) is 0 Å². The van der Waals surface area contributed by atoms with Crippen LogP contribution in [-0.2, 0) is 4.79 Å². The van der Waals surface area contributed by atoms with E-state index in [4.69, 9.17) is 4.74 Å². The number of amides is 1. The number of hydrogen-bond acceptors (Lipinski definition) is 2. The number of hydrogen-bond donors (Lipinski definition) is 1. The summed E-state index contributed by atoms with van der Waals surface area (Å²) in [6.07, 6.45) is 0.130. The van der Waals surface area contributed by atoms with Crippen molar-refractivity contribution in [2.75, 3.05) is 5.32 Å². The Morgan fingerprint density at radius 3 is 2.55 bits per heavy atom. The number of ether oxygens (including phenoxy) is 1. The molecule has 2 aromatic carbocycles. The summed E-state index contributed by atoms with van der Waals surface area (Å²) in [5, 5.41) is 2.89. The minimum Gasteiger partial charge on any atom is -0.481 e. The van der Waals surface area contributed by atoms with Crippen LogP contribution in [0.3, 0.4) is 0 Å². The summed E-state index contributed by atoms with van der Waals surface area (Å²) in [5.74, 6) is 0.584. The maximum absolute atomic E-state index is 12.2. The first-order valence-electron chi connectivity index (χ1n) is 6.78. The number of carbonyl (C=O) groups excluding carboxylic acids is 1. The van der Waals surface area contributed by atoms with Gasteiger partial charge in [0.1, 0.15) is 5.75 Å². The van der Waals surface area contributed by atoms with Gasteiger partial charge in [-0.3, -0.25) is 4.79 Å². The van der Waals surface area contributed by atoms with E-state index in [9.17, 15) is 4.79 Å². The zero-order valence-corrected chi connectivity index (χ0v) is 11.8. The Morgan fingerprint density at radius 1 is 1.15 bits per heavy atom. The van der Waals surface area contributed by atoms with Gasteiger partial charge in [-0.2, -0.15) is 0 Å². The second kappa shape index (κ2) is 6.75. The molecule has 1 amide bonds. The third kappa shape index (κ3) is 3.85. The fourth-order valence-corrected chi connectivity index (χ4v) is 1.93. The van der Waals surface area contributed by atoms with Crippen LogP contribution < -0.4 is 10.1 Å². The second-order valence-corrected chi connectivity index (χ2v) is 4.69. The number of rotatable bonds is 5. The van der Waals surface area contributed by atoms with Crippen molar-refractivity contribution in [1.29, 1.82) is 0 Å². The Morgan fingerprint density at radius 2 is 1.90 bits per heavy atom. The molecule has 0 aromatic heterocycles. The van der Waals surface area contributed by atoms with Gasteiger partial charge in [-0.25, -0.2) is 0 Å². The monoisotopic (exact) mass is 269 g/mol. The molecule has 3 nitrogen and oxygen atoms in total. The molecule has 0 aliphatic carbocycles. The average Bonchev–Trinajstić information content (AvgIpc) is 2.45. The Bertz CT molecular complexity index is 566. The molecule has 1 atom stereocenters. The number of benzene rings is 2. The summed E-state index contributed by atoms with van der Waals surface area (Å²) in [4.78, 5) is 12.2. The molecule has 3 heteroatoms. The van der Waals surface area contributed by atoms with E-state index < -0.39 is 6.10 Å². The van der Waals surface area contributed by atoms with E-state index in [1.54, 1.807) is 0 Å². The Kier molecular flexibility index (Phi) is 4.77. The summed E-state index contributed by atoms with van der Waals surface area (Å²) in [7, 11) is 0. The number of anilines is 1. The first-order chi connectivity index (χ1) is 9.69. The molecule has 0 aliphatic rings. The van der Waals surface area contributed by atoms with E-state index in [-0.39, 0.29) is 5.91 Å². The smallest absolute Gasteiger partial charge is 0.265 e. The molecular weight excluding hydrogens is 250 g/mol. The molecular formula is C17H19NO2. The van der Waals surface area contributed by atoms with Gasteiger partial charge in [0.15, 0.2) is 6.10 Å². The molecule has 2 rings (SSSR count). The standard InChI is InChI=1S/C17H19NO2/c1-3-16(20-15-10-5-4-6-11-15)17(19)18-14-9-7-8-13(2)12-14/h4-12,16H,3H2,1-2H3,(H,18,19)/t16-/m1/s1. The van der Waals surface area contributed by atoms with Gasteiger partial charge in [-0.05, 0) is 43.2 Å². The minimum absolute atomic E-state index is 0.123. The quantitative estimate of drug-likeness (QED) is 0.896. The van der Waals surface area contributed by atoms with E-state index in [0.717, 1.165) is 11.3 Å². The molecule has 2 aromatic rings. The fourth-order valence-electron chi connectivity index (χ4n) is 1.93. The molecule has 0 bridgehead atoms. The molecule has 20 heavy (non-hydrogen) atoms. The number of para-hydroxylation sites is 1.